The Labute approximate surface area is 191 Å². The normalized spacial score (nSPS) is 16.6. The summed E-state index contributed by atoms with van der Waals surface area (Å²) >= 11 is 7.48. The number of carbonyl (C=O) groups excluding carboxylic acids is 2. The number of piperidine rings is 1. The Balaban J connectivity index is 1.50. The molecule has 1 aliphatic rings. The van der Waals surface area contributed by atoms with Crippen molar-refractivity contribution in [3.63, 3.8) is 0 Å². The Morgan fingerprint density at radius 1 is 1.29 bits per heavy atom. The van der Waals surface area contributed by atoms with Crippen LogP contribution in [0.5, 0.6) is 0 Å². The van der Waals surface area contributed by atoms with Crippen molar-refractivity contribution in [1.29, 1.82) is 0 Å². The molecule has 1 atom stereocenters. The number of fused-ring (bicyclic) bond motifs is 1. The Morgan fingerprint density at radius 3 is 2.81 bits per heavy atom. The summed E-state index contributed by atoms with van der Waals surface area (Å²) in [6, 6.07) is 9.73. The first-order valence-electron chi connectivity index (χ1n) is 10.7. The summed E-state index contributed by atoms with van der Waals surface area (Å²) in [7, 11) is 0. The highest BCUT2D eigenvalue weighted by atomic mass is 35.5. The van der Waals surface area contributed by atoms with Crippen molar-refractivity contribution in [3.05, 3.63) is 51.5 Å². The molecule has 0 aliphatic carbocycles. The molecule has 1 N–H and O–H groups in total. The van der Waals surface area contributed by atoms with Gasteiger partial charge in [-0.1, -0.05) is 30.7 Å². The van der Waals surface area contributed by atoms with Gasteiger partial charge in [-0.15, -0.1) is 11.3 Å². The zero-order valence-corrected chi connectivity index (χ0v) is 19.4. The summed E-state index contributed by atoms with van der Waals surface area (Å²) in [6.07, 6.45) is 3.18. The fourth-order valence-corrected chi connectivity index (χ4v) is 5.30. The second-order valence-corrected chi connectivity index (χ2v) is 9.57. The van der Waals surface area contributed by atoms with Crippen LogP contribution in [0, 0.1) is 6.92 Å². The predicted octanol–water partition coefficient (Wildman–Crippen LogP) is 4.63. The SMILES string of the molecule is CCCC(=O)NC1CCCN(C(=O)c2cc3c(C)nn(Cc4ccc(Cl)cc4)c3s2)C1. The number of hydrogen-bond acceptors (Lipinski definition) is 4. The van der Waals surface area contributed by atoms with E-state index in [1.807, 2.05) is 53.8 Å². The van der Waals surface area contributed by atoms with Gasteiger partial charge in [-0.3, -0.25) is 14.3 Å². The first-order valence-corrected chi connectivity index (χ1v) is 11.9. The highest BCUT2D eigenvalue weighted by molar-refractivity contribution is 7.20. The molecule has 164 valence electrons. The van der Waals surface area contributed by atoms with Crippen LogP contribution in [-0.4, -0.2) is 45.6 Å². The highest BCUT2D eigenvalue weighted by Crippen LogP contribution is 2.30. The number of aromatic nitrogens is 2. The molecule has 2 amide bonds. The van der Waals surface area contributed by atoms with Crippen molar-refractivity contribution in [3.8, 4) is 0 Å². The molecule has 0 bridgehead atoms. The fraction of sp³-hybridized carbons (Fsp3) is 0.435. The third kappa shape index (κ3) is 4.93. The lowest BCUT2D eigenvalue weighted by Gasteiger charge is -2.33. The number of rotatable bonds is 6. The van der Waals surface area contributed by atoms with Crippen molar-refractivity contribution in [1.82, 2.24) is 20.0 Å². The molecule has 0 saturated carbocycles. The summed E-state index contributed by atoms with van der Waals surface area (Å²) < 4.78 is 1.96. The molecule has 1 unspecified atom stereocenters. The number of nitrogens with one attached hydrogen (secondary N) is 1. The van der Waals surface area contributed by atoms with E-state index in [1.54, 1.807) is 0 Å². The molecule has 1 aromatic carbocycles. The molecule has 3 aromatic rings. The van der Waals surface area contributed by atoms with Crippen LogP contribution in [0.3, 0.4) is 0 Å². The van der Waals surface area contributed by atoms with E-state index >= 15 is 0 Å². The van der Waals surface area contributed by atoms with Crippen LogP contribution < -0.4 is 5.32 Å². The summed E-state index contributed by atoms with van der Waals surface area (Å²) in [4.78, 5) is 28.8. The number of aryl methyl sites for hydroxylation is 1. The monoisotopic (exact) mass is 458 g/mol. The lowest BCUT2D eigenvalue weighted by molar-refractivity contribution is -0.122. The third-order valence-corrected chi connectivity index (χ3v) is 7.00. The number of nitrogens with zero attached hydrogens (tertiary/aromatic N) is 3. The molecule has 0 spiro atoms. The van der Waals surface area contributed by atoms with E-state index in [1.165, 1.54) is 11.3 Å². The number of halogens is 1. The number of hydrogen-bond donors (Lipinski definition) is 1. The van der Waals surface area contributed by atoms with Crippen molar-refractivity contribution in [2.75, 3.05) is 13.1 Å². The maximum Gasteiger partial charge on any atom is 0.264 e. The van der Waals surface area contributed by atoms with Gasteiger partial charge >= 0.3 is 0 Å². The molecular weight excluding hydrogens is 432 g/mol. The minimum absolute atomic E-state index is 0.0353. The Morgan fingerprint density at radius 2 is 2.06 bits per heavy atom. The molecular formula is C23H27ClN4O2S. The predicted molar refractivity (Wildman–Crippen MR) is 125 cm³/mol. The molecule has 1 aliphatic heterocycles. The second kappa shape index (κ2) is 9.40. The summed E-state index contributed by atoms with van der Waals surface area (Å²) in [6.45, 7) is 5.89. The number of thiophene rings is 1. The zero-order valence-electron chi connectivity index (χ0n) is 17.9. The first-order chi connectivity index (χ1) is 14.9. The van der Waals surface area contributed by atoms with E-state index < -0.39 is 0 Å². The van der Waals surface area contributed by atoms with Gasteiger partial charge in [0.2, 0.25) is 5.91 Å². The van der Waals surface area contributed by atoms with Gasteiger partial charge in [0, 0.05) is 36.0 Å². The quantitative estimate of drug-likeness (QED) is 0.585. The van der Waals surface area contributed by atoms with Gasteiger partial charge < -0.3 is 10.2 Å². The molecule has 1 fully saturated rings. The van der Waals surface area contributed by atoms with Crippen molar-refractivity contribution in [2.45, 2.75) is 52.1 Å². The number of likely N-dealkylation sites (tertiary alicyclic amines) is 1. The molecule has 4 rings (SSSR count). The van der Waals surface area contributed by atoms with Crippen LogP contribution in [0.15, 0.2) is 30.3 Å². The van der Waals surface area contributed by atoms with Crippen LogP contribution in [0.2, 0.25) is 5.02 Å². The second-order valence-electron chi connectivity index (χ2n) is 8.11. The molecule has 31 heavy (non-hydrogen) atoms. The summed E-state index contributed by atoms with van der Waals surface area (Å²) in [5.74, 6) is 0.106. The van der Waals surface area contributed by atoms with E-state index in [0.29, 0.717) is 24.5 Å². The highest BCUT2D eigenvalue weighted by Gasteiger charge is 2.27. The molecule has 1 saturated heterocycles. The van der Waals surface area contributed by atoms with Crippen molar-refractivity contribution < 1.29 is 9.59 Å². The minimum Gasteiger partial charge on any atom is -0.352 e. The Hall–Kier alpha value is -2.38. The van der Waals surface area contributed by atoms with Gasteiger partial charge in [-0.05, 0) is 49.9 Å². The van der Waals surface area contributed by atoms with E-state index in [0.717, 1.165) is 52.2 Å². The lowest BCUT2D eigenvalue weighted by Crippen LogP contribution is -2.49. The first kappa shape index (κ1) is 21.8. The molecule has 6 nitrogen and oxygen atoms in total. The summed E-state index contributed by atoms with van der Waals surface area (Å²) in [5.41, 5.74) is 2.03. The number of benzene rings is 1. The average Bonchev–Trinajstić information content (AvgIpc) is 3.31. The Bertz CT molecular complexity index is 1090. The van der Waals surface area contributed by atoms with Gasteiger partial charge in [0.25, 0.3) is 5.91 Å². The topological polar surface area (TPSA) is 67.2 Å². The van der Waals surface area contributed by atoms with Crippen LogP contribution in [0.25, 0.3) is 10.2 Å². The smallest absolute Gasteiger partial charge is 0.264 e. The maximum atomic E-state index is 13.2. The van der Waals surface area contributed by atoms with E-state index in [-0.39, 0.29) is 17.9 Å². The van der Waals surface area contributed by atoms with Gasteiger partial charge in [-0.25, -0.2) is 0 Å². The maximum absolute atomic E-state index is 13.2. The lowest BCUT2D eigenvalue weighted by atomic mass is 10.1. The molecule has 2 aromatic heterocycles. The third-order valence-electron chi connectivity index (χ3n) is 5.61. The van der Waals surface area contributed by atoms with Crippen LogP contribution in [0.1, 0.15) is 53.5 Å². The van der Waals surface area contributed by atoms with Gasteiger partial charge in [0.15, 0.2) is 0 Å². The molecule has 0 radical (unpaired) electrons. The van der Waals surface area contributed by atoms with Crippen molar-refractivity contribution >= 4 is 45.0 Å². The van der Waals surface area contributed by atoms with Gasteiger partial charge in [0.1, 0.15) is 4.83 Å². The summed E-state index contributed by atoms with van der Waals surface area (Å²) in [5, 5.41) is 9.47. The average molecular weight is 459 g/mol. The number of amides is 2. The van der Waals surface area contributed by atoms with Crippen LogP contribution in [0.4, 0.5) is 0 Å². The van der Waals surface area contributed by atoms with Crippen LogP contribution in [-0.2, 0) is 11.3 Å². The molecule has 3 heterocycles. The van der Waals surface area contributed by atoms with Gasteiger partial charge in [0.05, 0.1) is 17.1 Å². The van der Waals surface area contributed by atoms with Crippen molar-refractivity contribution in [2.24, 2.45) is 0 Å². The fourth-order valence-electron chi connectivity index (χ4n) is 4.05. The van der Waals surface area contributed by atoms with Gasteiger partial charge in [-0.2, -0.15) is 5.10 Å². The van der Waals surface area contributed by atoms with E-state index in [4.69, 9.17) is 11.6 Å². The molecule has 8 heteroatoms. The van der Waals surface area contributed by atoms with Crippen LogP contribution >= 0.6 is 22.9 Å². The van der Waals surface area contributed by atoms with E-state index in [2.05, 4.69) is 10.4 Å². The zero-order chi connectivity index (χ0) is 22.0. The standard InChI is InChI=1S/C23H27ClN4O2S/c1-3-5-21(29)25-18-6-4-11-27(14-18)22(30)20-12-19-15(2)26-28(23(19)31-20)13-16-7-9-17(24)10-8-16/h7-10,12,18H,3-6,11,13-14H2,1-2H3,(H,25,29). The number of carbonyl (C=O) groups is 2. The largest absolute Gasteiger partial charge is 0.352 e. The Kier molecular flexibility index (Phi) is 6.62. The minimum atomic E-state index is 0.0353. The van der Waals surface area contributed by atoms with E-state index in [9.17, 15) is 9.59 Å².